The molecule has 1 heterocycles. The molecule has 0 aliphatic heterocycles. The fraction of sp³-hybridized carbons (Fsp3) is 0.182. The maximum Gasteiger partial charge on any atom is 0.338 e. The van der Waals surface area contributed by atoms with Crippen LogP contribution in [0.3, 0.4) is 0 Å². The van der Waals surface area contributed by atoms with Crippen LogP contribution in [0.2, 0.25) is 0 Å². The molecule has 7 heteroatoms. The van der Waals surface area contributed by atoms with Gasteiger partial charge in [0, 0.05) is 17.4 Å². The van der Waals surface area contributed by atoms with Crippen LogP contribution in [0.4, 0.5) is 17.2 Å². The van der Waals surface area contributed by atoms with Crippen molar-refractivity contribution in [2.45, 2.75) is 20.8 Å². The van der Waals surface area contributed by atoms with E-state index < -0.39 is 0 Å². The minimum absolute atomic E-state index is 0.244. The van der Waals surface area contributed by atoms with Gasteiger partial charge in [-0.2, -0.15) is 0 Å². The minimum atomic E-state index is -0.369. The lowest BCUT2D eigenvalue weighted by Crippen LogP contribution is -2.16. The average molecular weight is 390 g/mol. The molecule has 1 amide bonds. The molecule has 0 radical (unpaired) electrons. The number of aryl methyl sites for hydroxylation is 2. The zero-order valence-electron chi connectivity index (χ0n) is 16.5. The van der Waals surface area contributed by atoms with Crippen molar-refractivity contribution in [2.24, 2.45) is 0 Å². The zero-order chi connectivity index (χ0) is 20.8. The van der Waals surface area contributed by atoms with Crippen molar-refractivity contribution in [1.29, 1.82) is 0 Å². The van der Waals surface area contributed by atoms with E-state index in [9.17, 15) is 9.59 Å². The maximum absolute atomic E-state index is 12.6. The highest BCUT2D eigenvalue weighted by Crippen LogP contribution is 2.21. The van der Waals surface area contributed by atoms with Gasteiger partial charge in [-0.05, 0) is 56.2 Å². The second kappa shape index (κ2) is 8.97. The Bertz CT molecular complexity index is 1010. The van der Waals surface area contributed by atoms with Gasteiger partial charge in [0.2, 0.25) is 0 Å². The Kier molecular flexibility index (Phi) is 6.19. The summed E-state index contributed by atoms with van der Waals surface area (Å²) < 4.78 is 4.97. The molecule has 3 aromatic rings. The first-order chi connectivity index (χ1) is 14.0. The monoisotopic (exact) mass is 390 g/mol. The molecular formula is C22H22N4O3. The highest BCUT2D eigenvalue weighted by atomic mass is 16.5. The number of hydrogen-bond acceptors (Lipinski definition) is 6. The minimum Gasteiger partial charge on any atom is -0.462 e. The van der Waals surface area contributed by atoms with E-state index in [4.69, 9.17) is 4.74 Å². The topological polar surface area (TPSA) is 93.2 Å². The van der Waals surface area contributed by atoms with E-state index in [1.54, 1.807) is 37.3 Å². The average Bonchev–Trinajstić information content (AvgIpc) is 2.71. The first kappa shape index (κ1) is 20.0. The number of esters is 1. The summed E-state index contributed by atoms with van der Waals surface area (Å²) >= 11 is 0. The Morgan fingerprint density at radius 2 is 1.69 bits per heavy atom. The molecule has 0 bridgehead atoms. The number of carbonyl (C=O) groups excluding carboxylic acids is 2. The summed E-state index contributed by atoms with van der Waals surface area (Å²) in [6.07, 6.45) is 1.33. The van der Waals surface area contributed by atoms with E-state index in [-0.39, 0.29) is 17.6 Å². The third-order valence-corrected chi connectivity index (χ3v) is 4.29. The highest BCUT2D eigenvalue weighted by Gasteiger charge is 2.12. The van der Waals surface area contributed by atoms with Gasteiger partial charge in [0.15, 0.2) is 0 Å². The van der Waals surface area contributed by atoms with Crippen molar-refractivity contribution < 1.29 is 14.3 Å². The summed E-state index contributed by atoms with van der Waals surface area (Å²) in [7, 11) is 0. The molecule has 0 aliphatic carbocycles. The number of amides is 1. The van der Waals surface area contributed by atoms with Crippen LogP contribution in [0.15, 0.2) is 54.9 Å². The predicted octanol–water partition coefficient (Wildman–Crippen LogP) is 4.27. The molecule has 3 rings (SSSR count). The standard InChI is InChI=1S/C22H22N4O3/c1-4-29-22(28)16-8-10-17(11-9-16)25-19-12-18(23-13-24-19)21(27)26-20-14(2)6-5-7-15(20)3/h5-13H,4H2,1-3H3,(H,26,27)(H,23,24,25). The van der Waals surface area contributed by atoms with Crippen molar-refractivity contribution in [3.63, 3.8) is 0 Å². The molecule has 29 heavy (non-hydrogen) atoms. The maximum atomic E-state index is 12.6. The zero-order valence-corrected chi connectivity index (χ0v) is 16.5. The van der Waals surface area contributed by atoms with Crippen LogP contribution < -0.4 is 10.6 Å². The van der Waals surface area contributed by atoms with Gasteiger partial charge in [0.05, 0.1) is 12.2 Å². The number of hydrogen-bond donors (Lipinski definition) is 2. The van der Waals surface area contributed by atoms with Crippen molar-refractivity contribution in [2.75, 3.05) is 17.2 Å². The van der Waals surface area contributed by atoms with E-state index in [1.165, 1.54) is 6.33 Å². The van der Waals surface area contributed by atoms with E-state index in [0.29, 0.717) is 18.0 Å². The largest absolute Gasteiger partial charge is 0.462 e. The van der Waals surface area contributed by atoms with Crippen molar-refractivity contribution in [1.82, 2.24) is 9.97 Å². The lowest BCUT2D eigenvalue weighted by molar-refractivity contribution is 0.0526. The van der Waals surface area contributed by atoms with Gasteiger partial charge in [-0.3, -0.25) is 4.79 Å². The Balaban J connectivity index is 1.72. The van der Waals surface area contributed by atoms with Gasteiger partial charge in [0.25, 0.3) is 5.91 Å². The first-order valence-electron chi connectivity index (χ1n) is 9.21. The highest BCUT2D eigenvalue weighted by molar-refractivity contribution is 6.04. The number of ether oxygens (including phenoxy) is 1. The van der Waals surface area contributed by atoms with Gasteiger partial charge >= 0.3 is 5.97 Å². The lowest BCUT2D eigenvalue weighted by atomic mass is 10.1. The molecule has 1 aromatic heterocycles. The third-order valence-electron chi connectivity index (χ3n) is 4.29. The number of nitrogens with zero attached hydrogens (tertiary/aromatic N) is 2. The van der Waals surface area contributed by atoms with Crippen LogP contribution in [0.25, 0.3) is 0 Å². The van der Waals surface area contributed by atoms with Crippen LogP contribution in [0.1, 0.15) is 38.9 Å². The summed E-state index contributed by atoms with van der Waals surface area (Å²) in [5.41, 5.74) is 4.17. The van der Waals surface area contributed by atoms with Crippen LogP contribution in [0, 0.1) is 13.8 Å². The molecule has 0 atom stereocenters. The van der Waals surface area contributed by atoms with Gasteiger partial charge in [-0.15, -0.1) is 0 Å². The number of anilines is 3. The molecule has 0 fully saturated rings. The van der Waals surface area contributed by atoms with Crippen molar-refractivity contribution >= 4 is 29.1 Å². The summed E-state index contributed by atoms with van der Waals surface area (Å²) in [5.74, 6) is -0.215. The van der Waals surface area contributed by atoms with E-state index in [2.05, 4.69) is 20.6 Å². The molecule has 0 aliphatic rings. The van der Waals surface area contributed by atoms with Gasteiger partial charge in [-0.1, -0.05) is 18.2 Å². The third kappa shape index (κ3) is 4.95. The molecular weight excluding hydrogens is 368 g/mol. The van der Waals surface area contributed by atoms with Crippen LogP contribution in [-0.2, 0) is 4.74 Å². The second-order valence-electron chi connectivity index (χ2n) is 6.43. The Morgan fingerprint density at radius 1 is 1.00 bits per heavy atom. The quantitative estimate of drug-likeness (QED) is 0.611. The molecule has 2 N–H and O–H groups in total. The Labute approximate surface area is 169 Å². The normalized spacial score (nSPS) is 10.3. The van der Waals surface area contributed by atoms with Gasteiger partial charge in [-0.25, -0.2) is 14.8 Å². The summed E-state index contributed by atoms with van der Waals surface area (Å²) in [6, 6.07) is 14.2. The summed E-state index contributed by atoms with van der Waals surface area (Å²) in [5, 5.41) is 6.01. The Hall–Kier alpha value is -3.74. The smallest absolute Gasteiger partial charge is 0.338 e. The predicted molar refractivity (Wildman–Crippen MR) is 112 cm³/mol. The Morgan fingerprint density at radius 3 is 2.34 bits per heavy atom. The fourth-order valence-electron chi connectivity index (χ4n) is 2.79. The molecule has 2 aromatic carbocycles. The van der Waals surface area contributed by atoms with E-state index in [0.717, 1.165) is 22.5 Å². The fourth-order valence-corrected chi connectivity index (χ4v) is 2.79. The number of aromatic nitrogens is 2. The number of rotatable bonds is 6. The molecule has 148 valence electrons. The second-order valence-corrected chi connectivity index (χ2v) is 6.43. The lowest BCUT2D eigenvalue weighted by Gasteiger charge is -2.12. The molecule has 0 spiro atoms. The molecule has 0 saturated heterocycles. The van der Waals surface area contributed by atoms with Gasteiger partial charge < -0.3 is 15.4 Å². The molecule has 0 saturated carbocycles. The summed E-state index contributed by atoms with van der Waals surface area (Å²) in [6.45, 7) is 5.97. The van der Waals surface area contributed by atoms with Crippen LogP contribution >= 0.6 is 0 Å². The SMILES string of the molecule is CCOC(=O)c1ccc(Nc2cc(C(=O)Nc3c(C)cccc3C)ncn2)cc1. The van der Waals surface area contributed by atoms with Gasteiger partial charge in [0.1, 0.15) is 17.8 Å². The first-order valence-corrected chi connectivity index (χ1v) is 9.21. The van der Waals surface area contributed by atoms with Crippen LogP contribution in [0.5, 0.6) is 0 Å². The van der Waals surface area contributed by atoms with Crippen molar-refractivity contribution in [3.8, 4) is 0 Å². The summed E-state index contributed by atoms with van der Waals surface area (Å²) in [4.78, 5) is 32.6. The number of carbonyl (C=O) groups is 2. The van der Waals surface area contributed by atoms with E-state index in [1.807, 2.05) is 32.0 Å². The number of nitrogens with one attached hydrogen (secondary N) is 2. The van der Waals surface area contributed by atoms with Crippen molar-refractivity contribution in [3.05, 3.63) is 77.2 Å². The van der Waals surface area contributed by atoms with Crippen LogP contribution in [-0.4, -0.2) is 28.5 Å². The molecule has 0 unspecified atom stereocenters. The number of para-hydroxylation sites is 1. The van der Waals surface area contributed by atoms with E-state index >= 15 is 0 Å². The molecule has 7 nitrogen and oxygen atoms in total. The number of benzene rings is 2.